The van der Waals surface area contributed by atoms with Crippen molar-refractivity contribution in [3.05, 3.63) is 15.7 Å². The zero-order chi connectivity index (χ0) is 13.2. The van der Waals surface area contributed by atoms with Gasteiger partial charge in [0.15, 0.2) is 0 Å². The molecule has 1 N–H and O–H groups in total. The number of rotatable bonds is 4. The van der Waals surface area contributed by atoms with Crippen molar-refractivity contribution in [2.45, 2.75) is 45.4 Å². The third kappa shape index (κ3) is 2.56. The molecular weight excluding hydrogens is 278 g/mol. The van der Waals surface area contributed by atoms with Crippen molar-refractivity contribution in [1.82, 2.24) is 9.97 Å². The molecule has 102 valence electrons. The molecule has 0 saturated heterocycles. The molecule has 0 spiro atoms. The zero-order valence-corrected chi connectivity index (χ0v) is 12.7. The predicted molar refractivity (Wildman–Crippen MR) is 82.5 cm³/mol. The van der Waals surface area contributed by atoms with Crippen LogP contribution in [-0.4, -0.2) is 16.5 Å². The maximum Gasteiger partial charge on any atom is 0.225 e. The molecule has 3 rings (SSSR count). The van der Waals surface area contributed by atoms with Crippen LogP contribution in [0.3, 0.4) is 0 Å². The van der Waals surface area contributed by atoms with E-state index in [9.17, 15) is 0 Å². The molecule has 1 aliphatic carbocycles. The second-order valence-electron chi connectivity index (χ2n) is 5.01. The van der Waals surface area contributed by atoms with Crippen molar-refractivity contribution < 1.29 is 0 Å². The van der Waals surface area contributed by atoms with Gasteiger partial charge in [-0.05, 0) is 49.3 Å². The van der Waals surface area contributed by atoms with Crippen LogP contribution in [0, 0.1) is 0 Å². The van der Waals surface area contributed by atoms with Crippen molar-refractivity contribution in [2.24, 2.45) is 0 Å². The molecular formula is C14H18ClN3S. The van der Waals surface area contributed by atoms with Crippen molar-refractivity contribution in [1.29, 1.82) is 0 Å². The lowest BCUT2D eigenvalue weighted by Crippen LogP contribution is -2.06. The highest BCUT2D eigenvalue weighted by atomic mass is 35.5. The fraction of sp³-hybridized carbons (Fsp3) is 0.571. The minimum Gasteiger partial charge on any atom is -0.369 e. The van der Waals surface area contributed by atoms with Crippen LogP contribution in [-0.2, 0) is 12.8 Å². The summed E-state index contributed by atoms with van der Waals surface area (Å²) in [5.41, 5.74) is 1.46. The van der Waals surface area contributed by atoms with Crippen molar-refractivity contribution in [3.63, 3.8) is 0 Å². The molecule has 5 heteroatoms. The molecule has 1 aliphatic rings. The normalized spacial score (nSPS) is 14.6. The molecule has 0 aliphatic heterocycles. The molecule has 0 amide bonds. The molecule has 0 bridgehead atoms. The number of thiophene rings is 1. The van der Waals surface area contributed by atoms with E-state index in [0.717, 1.165) is 30.0 Å². The van der Waals surface area contributed by atoms with Gasteiger partial charge in [-0.25, -0.2) is 9.97 Å². The predicted octanol–water partition coefficient (Wildman–Crippen LogP) is 4.44. The quantitative estimate of drug-likeness (QED) is 0.669. The Hall–Kier alpha value is -0.870. The number of nitrogens with zero attached hydrogens (tertiary/aromatic N) is 2. The smallest absolute Gasteiger partial charge is 0.225 e. The standard InChI is InChI=1S/C14H18ClN3S/c1-2-3-8-16-12-11-9-6-4-5-7-10(9)19-13(11)18-14(15)17-12/h2-8H2,1H3,(H,16,17,18). The zero-order valence-electron chi connectivity index (χ0n) is 11.1. The number of aromatic nitrogens is 2. The molecule has 0 saturated carbocycles. The van der Waals surface area contributed by atoms with Gasteiger partial charge in [0.2, 0.25) is 5.28 Å². The fourth-order valence-corrected chi connectivity index (χ4v) is 4.12. The topological polar surface area (TPSA) is 37.8 Å². The van der Waals surface area contributed by atoms with Gasteiger partial charge in [0, 0.05) is 11.4 Å². The summed E-state index contributed by atoms with van der Waals surface area (Å²) in [5.74, 6) is 0.933. The van der Waals surface area contributed by atoms with Gasteiger partial charge in [0.25, 0.3) is 0 Å². The second-order valence-corrected chi connectivity index (χ2v) is 6.43. The Bertz CT molecular complexity index is 594. The third-order valence-corrected chi connectivity index (χ3v) is 4.96. The average molecular weight is 296 g/mol. The first-order valence-electron chi connectivity index (χ1n) is 7.01. The van der Waals surface area contributed by atoms with E-state index in [4.69, 9.17) is 11.6 Å². The van der Waals surface area contributed by atoms with Crippen LogP contribution < -0.4 is 5.32 Å². The number of halogens is 1. The van der Waals surface area contributed by atoms with Gasteiger partial charge in [0.1, 0.15) is 10.6 Å². The Labute approximate surface area is 122 Å². The first kappa shape index (κ1) is 13.1. The van der Waals surface area contributed by atoms with Crippen LogP contribution in [0.25, 0.3) is 10.2 Å². The summed E-state index contributed by atoms with van der Waals surface area (Å²) in [7, 11) is 0. The Kier molecular flexibility index (Phi) is 3.89. The summed E-state index contributed by atoms with van der Waals surface area (Å²) in [6.45, 7) is 3.14. The van der Waals surface area contributed by atoms with Crippen LogP contribution >= 0.6 is 22.9 Å². The number of nitrogens with one attached hydrogen (secondary N) is 1. The molecule has 0 radical (unpaired) electrons. The van der Waals surface area contributed by atoms with E-state index >= 15 is 0 Å². The van der Waals surface area contributed by atoms with Crippen molar-refractivity contribution >= 4 is 39.0 Å². The summed E-state index contributed by atoms with van der Waals surface area (Å²) in [4.78, 5) is 11.3. The SMILES string of the molecule is CCCCNc1nc(Cl)nc2sc3c(c12)CCCC3. The average Bonchev–Trinajstić information content (AvgIpc) is 2.76. The van der Waals surface area contributed by atoms with Gasteiger partial charge < -0.3 is 5.32 Å². The Morgan fingerprint density at radius 3 is 2.95 bits per heavy atom. The van der Waals surface area contributed by atoms with E-state index in [1.165, 1.54) is 41.5 Å². The summed E-state index contributed by atoms with van der Waals surface area (Å²) >= 11 is 7.84. The molecule has 0 fully saturated rings. The van der Waals surface area contributed by atoms with E-state index in [2.05, 4.69) is 22.2 Å². The lowest BCUT2D eigenvalue weighted by atomic mass is 9.97. The highest BCUT2D eigenvalue weighted by Gasteiger charge is 2.20. The number of hydrogen-bond acceptors (Lipinski definition) is 4. The summed E-state index contributed by atoms with van der Waals surface area (Å²) in [6.07, 6.45) is 7.23. The van der Waals surface area contributed by atoms with E-state index in [1.54, 1.807) is 11.3 Å². The molecule has 0 aromatic carbocycles. The van der Waals surface area contributed by atoms with Gasteiger partial charge in [-0.15, -0.1) is 11.3 Å². The Balaban J connectivity index is 2.05. The number of unbranched alkanes of at least 4 members (excludes halogenated alkanes) is 1. The summed E-state index contributed by atoms with van der Waals surface area (Å²) < 4.78 is 0. The highest BCUT2D eigenvalue weighted by molar-refractivity contribution is 7.19. The van der Waals surface area contributed by atoms with Crippen LogP contribution in [0.15, 0.2) is 0 Å². The van der Waals surface area contributed by atoms with Gasteiger partial charge in [-0.1, -0.05) is 13.3 Å². The van der Waals surface area contributed by atoms with Crippen molar-refractivity contribution in [2.75, 3.05) is 11.9 Å². The molecule has 0 atom stereocenters. The van der Waals surface area contributed by atoms with Gasteiger partial charge >= 0.3 is 0 Å². The Morgan fingerprint density at radius 2 is 2.11 bits per heavy atom. The monoisotopic (exact) mass is 295 g/mol. The Morgan fingerprint density at radius 1 is 1.26 bits per heavy atom. The maximum atomic E-state index is 6.04. The van der Waals surface area contributed by atoms with Gasteiger partial charge in [-0.2, -0.15) is 0 Å². The van der Waals surface area contributed by atoms with Gasteiger partial charge in [0.05, 0.1) is 5.39 Å². The summed E-state index contributed by atoms with van der Waals surface area (Å²) in [6, 6.07) is 0. The molecule has 2 aromatic rings. The molecule has 19 heavy (non-hydrogen) atoms. The van der Waals surface area contributed by atoms with Crippen LogP contribution in [0.5, 0.6) is 0 Å². The highest BCUT2D eigenvalue weighted by Crippen LogP contribution is 2.38. The van der Waals surface area contributed by atoms with Crippen molar-refractivity contribution in [3.8, 4) is 0 Å². The number of fused-ring (bicyclic) bond motifs is 3. The number of aryl methyl sites for hydroxylation is 2. The largest absolute Gasteiger partial charge is 0.369 e. The molecule has 0 unspecified atom stereocenters. The second kappa shape index (κ2) is 5.63. The maximum absolute atomic E-state index is 6.04. The molecule has 2 heterocycles. The minimum atomic E-state index is 0.352. The van der Waals surface area contributed by atoms with Crippen LogP contribution in [0.1, 0.15) is 43.0 Å². The van der Waals surface area contributed by atoms with Gasteiger partial charge in [-0.3, -0.25) is 0 Å². The van der Waals surface area contributed by atoms with E-state index in [1.807, 2.05) is 0 Å². The summed E-state index contributed by atoms with van der Waals surface area (Å²) in [5, 5.41) is 5.01. The van der Waals surface area contributed by atoms with Crippen LogP contribution in [0.2, 0.25) is 5.28 Å². The lowest BCUT2D eigenvalue weighted by Gasteiger charge is -2.12. The first-order valence-corrected chi connectivity index (χ1v) is 8.20. The van der Waals surface area contributed by atoms with E-state index in [0.29, 0.717) is 5.28 Å². The van der Waals surface area contributed by atoms with E-state index in [-0.39, 0.29) is 0 Å². The lowest BCUT2D eigenvalue weighted by molar-refractivity contribution is 0.700. The first-order chi connectivity index (χ1) is 9.29. The number of hydrogen-bond donors (Lipinski definition) is 1. The third-order valence-electron chi connectivity index (χ3n) is 3.61. The van der Waals surface area contributed by atoms with Crippen LogP contribution in [0.4, 0.5) is 5.82 Å². The van der Waals surface area contributed by atoms with E-state index < -0.39 is 0 Å². The molecule has 2 aromatic heterocycles. The molecule has 3 nitrogen and oxygen atoms in total. The fourth-order valence-electron chi connectivity index (χ4n) is 2.64. The minimum absolute atomic E-state index is 0.352. The number of anilines is 1.